The summed E-state index contributed by atoms with van der Waals surface area (Å²) in [4.78, 5) is 21.1. The van der Waals surface area contributed by atoms with Crippen LogP contribution in [0, 0.1) is 6.92 Å². The Morgan fingerprint density at radius 1 is 1.47 bits per heavy atom. The predicted molar refractivity (Wildman–Crippen MR) is 73.0 cm³/mol. The number of hydrogen-bond donors (Lipinski definition) is 1. The summed E-state index contributed by atoms with van der Waals surface area (Å²) in [7, 11) is 1.61. The van der Waals surface area contributed by atoms with Gasteiger partial charge in [-0.15, -0.1) is 11.3 Å². The first-order valence-electron chi connectivity index (χ1n) is 5.84. The molecule has 1 N–H and O–H groups in total. The molecule has 0 radical (unpaired) electrons. The van der Waals surface area contributed by atoms with Gasteiger partial charge in [-0.1, -0.05) is 6.07 Å². The Kier molecular flexibility index (Phi) is 4.59. The number of aryl methyl sites for hydroxylation is 1. The zero-order valence-electron chi connectivity index (χ0n) is 10.8. The molecule has 0 aliphatic heterocycles. The van der Waals surface area contributed by atoms with E-state index in [2.05, 4.69) is 15.3 Å². The van der Waals surface area contributed by atoms with Crippen LogP contribution in [0.4, 0.5) is 0 Å². The van der Waals surface area contributed by atoms with Crippen LogP contribution in [0.3, 0.4) is 0 Å². The van der Waals surface area contributed by atoms with Crippen LogP contribution in [0.15, 0.2) is 24.4 Å². The number of rotatable bonds is 5. The molecule has 0 aliphatic carbocycles. The van der Waals surface area contributed by atoms with Gasteiger partial charge in [0.2, 0.25) is 0 Å². The van der Waals surface area contributed by atoms with Crippen molar-refractivity contribution in [3.63, 3.8) is 0 Å². The monoisotopic (exact) mass is 277 g/mol. The Hall–Kier alpha value is -1.79. The molecule has 5 nitrogen and oxygen atoms in total. The molecule has 2 rings (SSSR count). The average molecular weight is 277 g/mol. The number of nitrogens with one attached hydrogen (secondary N) is 1. The van der Waals surface area contributed by atoms with Crippen molar-refractivity contribution in [1.29, 1.82) is 0 Å². The topological polar surface area (TPSA) is 64.1 Å². The number of nitrogens with zero attached hydrogens (tertiary/aromatic N) is 2. The van der Waals surface area contributed by atoms with Gasteiger partial charge < -0.3 is 10.1 Å². The maximum absolute atomic E-state index is 12.0. The maximum atomic E-state index is 12.0. The summed E-state index contributed by atoms with van der Waals surface area (Å²) in [6.45, 7) is 2.67. The van der Waals surface area contributed by atoms with Crippen molar-refractivity contribution in [3.8, 4) is 0 Å². The SMILES string of the molecule is COCc1nc(C)c(C(=O)NCc2ccccn2)s1. The van der Waals surface area contributed by atoms with E-state index in [-0.39, 0.29) is 5.91 Å². The average Bonchev–Trinajstić information content (AvgIpc) is 2.79. The van der Waals surface area contributed by atoms with Crippen molar-refractivity contribution < 1.29 is 9.53 Å². The van der Waals surface area contributed by atoms with Crippen molar-refractivity contribution >= 4 is 17.2 Å². The lowest BCUT2D eigenvalue weighted by Crippen LogP contribution is -2.23. The van der Waals surface area contributed by atoms with E-state index in [0.717, 1.165) is 16.4 Å². The number of hydrogen-bond acceptors (Lipinski definition) is 5. The van der Waals surface area contributed by atoms with Gasteiger partial charge in [-0.3, -0.25) is 9.78 Å². The van der Waals surface area contributed by atoms with Crippen LogP contribution < -0.4 is 5.32 Å². The van der Waals surface area contributed by atoms with Crippen molar-refractivity contribution in [1.82, 2.24) is 15.3 Å². The van der Waals surface area contributed by atoms with Crippen LogP contribution in [0.2, 0.25) is 0 Å². The number of carbonyl (C=O) groups is 1. The third kappa shape index (κ3) is 3.59. The second kappa shape index (κ2) is 6.40. The minimum atomic E-state index is -0.122. The maximum Gasteiger partial charge on any atom is 0.263 e. The molecule has 0 bridgehead atoms. The van der Waals surface area contributed by atoms with Crippen LogP contribution in [0.25, 0.3) is 0 Å². The summed E-state index contributed by atoms with van der Waals surface area (Å²) >= 11 is 1.36. The van der Waals surface area contributed by atoms with E-state index in [1.807, 2.05) is 25.1 Å². The molecular weight excluding hydrogens is 262 g/mol. The lowest BCUT2D eigenvalue weighted by atomic mass is 10.3. The fraction of sp³-hybridized carbons (Fsp3) is 0.308. The van der Waals surface area contributed by atoms with E-state index < -0.39 is 0 Å². The highest BCUT2D eigenvalue weighted by atomic mass is 32.1. The normalized spacial score (nSPS) is 10.4. The molecule has 100 valence electrons. The lowest BCUT2D eigenvalue weighted by Gasteiger charge is -2.03. The Balaban J connectivity index is 2.00. The zero-order chi connectivity index (χ0) is 13.7. The number of methoxy groups -OCH3 is 1. The molecule has 6 heteroatoms. The molecule has 2 aromatic rings. The molecule has 19 heavy (non-hydrogen) atoms. The van der Waals surface area contributed by atoms with E-state index >= 15 is 0 Å². The van der Waals surface area contributed by atoms with Crippen molar-refractivity contribution in [2.45, 2.75) is 20.1 Å². The van der Waals surface area contributed by atoms with E-state index in [9.17, 15) is 4.79 Å². The minimum Gasteiger partial charge on any atom is -0.378 e. The highest BCUT2D eigenvalue weighted by Gasteiger charge is 2.14. The van der Waals surface area contributed by atoms with Crippen molar-refractivity contribution in [3.05, 3.63) is 45.7 Å². The minimum absolute atomic E-state index is 0.122. The van der Waals surface area contributed by atoms with Gasteiger partial charge in [0.1, 0.15) is 9.88 Å². The van der Waals surface area contributed by atoms with Crippen molar-refractivity contribution in [2.24, 2.45) is 0 Å². The fourth-order valence-electron chi connectivity index (χ4n) is 1.60. The molecule has 1 amide bonds. The molecule has 2 heterocycles. The molecule has 0 spiro atoms. The Labute approximate surface area is 115 Å². The molecule has 0 saturated heterocycles. The third-order valence-electron chi connectivity index (χ3n) is 2.47. The Bertz CT molecular complexity index is 554. The quantitative estimate of drug-likeness (QED) is 0.907. The summed E-state index contributed by atoms with van der Waals surface area (Å²) in [5.41, 5.74) is 1.56. The van der Waals surface area contributed by atoms with E-state index in [0.29, 0.717) is 18.0 Å². The lowest BCUT2D eigenvalue weighted by molar-refractivity contribution is 0.0953. The van der Waals surface area contributed by atoms with Gasteiger partial charge in [-0.05, 0) is 19.1 Å². The zero-order valence-corrected chi connectivity index (χ0v) is 11.7. The number of amides is 1. The molecule has 0 atom stereocenters. The fourth-order valence-corrected chi connectivity index (χ4v) is 2.56. The highest BCUT2D eigenvalue weighted by Crippen LogP contribution is 2.18. The summed E-state index contributed by atoms with van der Waals surface area (Å²) in [5.74, 6) is -0.122. The van der Waals surface area contributed by atoms with Crippen LogP contribution in [-0.2, 0) is 17.9 Å². The van der Waals surface area contributed by atoms with E-state index in [4.69, 9.17) is 4.74 Å². The van der Waals surface area contributed by atoms with Crippen LogP contribution >= 0.6 is 11.3 Å². The highest BCUT2D eigenvalue weighted by molar-refractivity contribution is 7.13. The number of ether oxygens (including phenoxy) is 1. The molecule has 0 aromatic carbocycles. The van der Waals surface area contributed by atoms with Crippen LogP contribution in [0.5, 0.6) is 0 Å². The van der Waals surface area contributed by atoms with Crippen LogP contribution in [0.1, 0.15) is 26.1 Å². The van der Waals surface area contributed by atoms with Gasteiger partial charge in [-0.2, -0.15) is 0 Å². The first kappa shape index (κ1) is 13.6. The predicted octanol–water partition coefficient (Wildman–Crippen LogP) is 1.92. The van der Waals surface area contributed by atoms with Crippen LogP contribution in [-0.4, -0.2) is 23.0 Å². The summed E-state index contributed by atoms with van der Waals surface area (Å²) in [6.07, 6.45) is 1.70. The molecule has 2 aromatic heterocycles. The molecule has 0 aliphatic rings. The number of carbonyl (C=O) groups excluding carboxylic acids is 1. The molecular formula is C13H15N3O2S. The first-order valence-corrected chi connectivity index (χ1v) is 6.65. The van der Waals surface area contributed by atoms with Gasteiger partial charge in [0.05, 0.1) is 24.5 Å². The Morgan fingerprint density at radius 2 is 2.32 bits per heavy atom. The standard InChI is InChI=1S/C13H15N3O2S/c1-9-12(19-11(16-9)8-18-2)13(17)15-7-10-5-3-4-6-14-10/h3-6H,7-8H2,1-2H3,(H,15,17). The second-order valence-corrected chi connectivity index (χ2v) is 5.04. The summed E-state index contributed by atoms with van der Waals surface area (Å²) in [5, 5.41) is 3.65. The van der Waals surface area contributed by atoms with E-state index in [1.54, 1.807) is 13.3 Å². The number of aromatic nitrogens is 2. The summed E-state index contributed by atoms with van der Waals surface area (Å²) < 4.78 is 5.01. The largest absolute Gasteiger partial charge is 0.378 e. The smallest absolute Gasteiger partial charge is 0.263 e. The van der Waals surface area contributed by atoms with Gasteiger partial charge in [-0.25, -0.2) is 4.98 Å². The van der Waals surface area contributed by atoms with Gasteiger partial charge in [0.15, 0.2) is 0 Å². The van der Waals surface area contributed by atoms with Gasteiger partial charge >= 0.3 is 0 Å². The second-order valence-electron chi connectivity index (χ2n) is 3.96. The van der Waals surface area contributed by atoms with E-state index in [1.165, 1.54) is 11.3 Å². The Morgan fingerprint density at radius 3 is 3.00 bits per heavy atom. The summed E-state index contributed by atoms with van der Waals surface area (Å²) in [6, 6.07) is 5.61. The number of thiazole rings is 1. The van der Waals surface area contributed by atoms with Gasteiger partial charge in [0.25, 0.3) is 5.91 Å². The molecule has 0 fully saturated rings. The third-order valence-corrected chi connectivity index (χ3v) is 3.60. The molecule has 0 unspecified atom stereocenters. The first-order chi connectivity index (χ1) is 9.20. The van der Waals surface area contributed by atoms with Crippen molar-refractivity contribution in [2.75, 3.05) is 7.11 Å². The molecule has 0 saturated carbocycles. The van der Waals surface area contributed by atoms with Gasteiger partial charge in [0, 0.05) is 13.3 Å². The number of pyridine rings is 1.